The average Bonchev–Trinajstić information content (AvgIpc) is 2.70. The molecule has 4 nitrogen and oxygen atoms in total. The number of carbonyl (C=O) groups excluding carboxylic acids is 1. The van der Waals surface area contributed by atoms with E-state index in [0.717, 1.165) is 32.2 Å². The number of likely N-dealkylation sites (N-methyl/N-ethyl adjacent to an activating group) is 1. The molecule has 1 saturated carbocycles. The SMILES string of the molecule is CCOC(=O)C1(NC)CCCC1CCN(C)C. The van der Waals surface area contributed by atoms with Crippen LogP contribution in [0.5, 0.6) is 0 Å². The minimum atomic E-state index is -0.438. The summed E-state index contributed by atoms with van der Waals surface area (Å²) in [4.78, 5) is 14.3. The van der Waals surface area contributed by atoms with Crippen LogP contribution in [0.1, 0.15) is 32.6 Å². The van der Waals surface area contributed by atoms with Gasteiger partial charge in [0, 0.05) is 0 Å². The number of esters is 1. The fourth-order valence-electron chi connectivity index (χ4n) is 2.84. The van der Waals surface area contributed by atoms with E-state index in [2.05, 4.69) is 24.3 Å². The van der Waals surface area contributed by atoms with Crippen LogP contribution in [-0.4, -0.2) is 50.7 Å². The maximum Gasteiger partial charge on any atom is 0.326 e. The zero-order valence-corrected chi connectivity index (χ0v) is 11.6. The van der Waals surface area contributed by atoms with Crippen LogP contribution in [0.2, 0.25) is 0 Å². The normalized spacial score (nSPS) is 28.6. The molecule has 1 aliphatic rings. The standard InChI is InChI=1S/C13H26N2O2/c1-5-17-12(16)13(14-2)9-6-7-11(13)8-10-15(3)4/h11,14H,5-10H2,1-4H3. The number of rotatable bonds is 6. The first kappa shape index (κ1) is 14.5. The first-order chi connectivity index (χ1) is 8.06. The lowest BCUT2D eigenvalue weighted by molar-refractivity contribution is -0.153. The van der Waals surface area contributed by atoms with E-state index in [-0.39, 0.29) is 5.97 Å². The molecular weight excluding hydrogens is 216 g/mol. The Balaban J connectivity index is 2.70. The summed E-state index contributed by atoms with van der Waals surface area (Å²) >= 11 is 0. The van der Waals surface area contributed by atoms with E-state index in [1.54, 1.807) is 0 Å². The number of ether oxygens (including phenoxy) is 1. The number of hydrogen-bond acceptors (Lipinski definition) is 4. The number of hydrogen-bond donors (Lipinski definition) is 1. The Morgan fingerprint density at radius 1 is 1.53 bits per heavy atom. The largest absolute Gasteiger partial charge is 0.465 e. The second kappa shape index (κ2) is 6.36. The van der Waals surface area contributed by atoms with Crippen LogP contribution >= 0.6 is 0 Å². The summed E-state index contributed by atoms with van der Waals surface area (Å²) in [6.07, 6.45) is 4.18. The van der Waals surface area contributed by atoms with E-state index in [4.69, 9.17) is 4.74 Å². The molecule has 0 heterocycles. The molecule has 0 aromatic rings. The molecule has 4 heteroatoms. The summed E-state index contributed by atoms with van der Waals surface area (Å²) in [5.74, 6) is 0.331. The van der Waals surface area contributed by atoms with Crippen LogP contribution in [0.25, 0.3) is 0 Å². The summed E-state index contributed by atoms with van der Waals surface area (Å²) in [6, 6.07) is 0. The van der Waals surface area contributed by atoms with Crippen molar-refractivity contribution in [2.45, 2.75) is 38.1 Å². The van der Waals surface area contributed by atoms with Gasteiger partial charge in [0.05, 0.1) is 6.61 Å². The highest BCUT2D eigenvalue weighted by Crippen LogP contribution is 2.38. The minimum absolute atomic E-state index is 0.0660. The smallest absolute Gasteiger partial charge is 0.326 e. The van der Waals surface area contributed by atoms with E-state index in [9.17, 15) is 4.79 Å². The van der Waals surface area contributed by atoms with Crippen molar-refractivity contribution in [2.24, 2.45) is 5.92 Å². The zero-order chi connectivity index (χ0) is 12.9. The quantitative estimate of drug-likeness (QED) is 0.712. The molecule has 0 radical (unpaired) electrons. The maximum absolute atomic E-state index is 12.2. The maximum atomic E-state index is 12.2. The van der Waals surface area contributed by atoms with Gasteiger partial charge < -0.3 is 15.0 Å². The predicted molar refractivity (Wildman–Crippen MR) is 68.9 cm³/mol. The minimum Gasteiger partial charge on any atom is -0.465 e. The van der Waals surface area contributed by atoms with E-state index >= 15 is 0 Å². The number of nitrogens with zero attached hydrogens (tertiary/aromatic N) is 1. The van der Waals surface area contributed by atoms with Gasteiger partial charge in [-0.25, -0.2) is 0 Å². The fraction of sp³-hybridized carbons (Fsp3) is 0.923. The van der Waals surface area contributed by atoms with Gasteiger partial charge >= 0.3 is 5.97 Å². The third kappa shape index (κ3) is 3.19. The van der Waals surface area contributed by atoms with Crippen molar-refractivity contribution in [1.82, 2.24) is 10.2 Å². The van der Waals surface area contributed by atoms with Crippen molar-refractivity contribution in [3.8, 4) is 0 Å². The van der Waals surface area contributed by atoms with Crippen LogP contribution < -0.4 is 5.32 Å². The Hall–Kier alpha value is -0.610. The van der Waals surface area contributed by atoms with Crippen LogP contribution in [-0.2, 0) is 9.53 Å². The van der Waals surface area contributed by atoms with Crippen molar-refractivity contribution in [1.29, 1.82) is 0 Å². The third-order valence-corrected chi connectivity index (χ3v) is 3.83. The molecule has 0 saturated heterocycles. The summed E-state index contributed by atoms with van der Waals surface area (Å²) < 4.78 is 5.24. The molecule has 0 aliphatic heterocycles. The van der Waals surface area contributed by atoms with Gasteiger partial charge in [0.25, 0.3) is 0 Å². The number of nitrogens with one attached hydrogen (secondary N) is 1. The van der Waals surface area contributed by atoms with Crippen molar-refractivity contribution in [3.63, 3.8) is 0 Å². The first-order valence-electron chi connectivity index (χ1n) is 6.57. The van der Waals surface area contributed by atoms with Crippen molar-refractivity contribution >= 4 is 5.97 Å². The van der Waals surface area contributed by atoms with Gasteiger partial charge in [-0.1, -0.05) is 6.42 Å². The lowest BCUT2D eigenvalue weighted by Gasteiger charge is -2.33. The monoisotopic (exact) mass is 242 g/mol. The summed E-state index contributed by atoms with van der Waals surface area (Å²) in [6.45, 7) is 3.35. The predicted octanol–water partition coefficient (Wildman–Crippen LogP) is 1.26. The molecule has 0 spiro atoms. The number of carbonyl (C=O) groups is 1. The van der Waals surface area contributed by atoms with Crippen molar-refractivity contribution in [2.75, 3.05) is 34.3 Å². The van der Waals surface area contributed by atoms with Gasteiger partial charge in [-0.05, 0) is 59.8 Å². The van der Waals surface area contributed by atoms with E-state index < -0.39 is 5.54 Å². The van der Waals surface area contributed by atoms with E-state index in [1.807, 2.05) is 14.0 Å². The molecule has 1 aliphatic carbocycles. The van der Waals surface area contributed by atoms with Gasteiger partial charge in [-0.3, -0.25) is 4.79 Å². The second-order valence-electron chi connectivity index (χ2n) is 5.12. The van der Waals surface area contributed by atoms with Crippen LogP contribution in [0.4, 0.5) is 0 Å². The Kier molecular flexibility index (Phi) is 5.40. The van der Waals surface area contributed by atoms with Gasteiger partial charge in [0.1, 0.15) is 5.54 Å². The average molecular weight is 242 g/mol. The Morgan fingerprint density at radius 2 is 2.24 bits per heavy atom. The molecule has 100 valence electrons. The topological polar surface area (TPSA) is 41.6 Å². The molecule has 1 N–H and O–H groups in total. The molecule has 2 unspecified atom stereocenters. The highest BCUT2D eigenvalue weighted by Gasteiger charge is 2.48. The summed E-state index contributed by atoms with van der Waals surface area (Å²) in [5.41, 5.74) is -0.438. The van der Waals surface area contributed by atoms with Crippen LogP contribution in [0.15, 0.2) is 0 Å². The van der Waals surface area contributed by atoms with E-state index in [0.29, 0.717) is 12.5 Å². The Labute approximate surface area is 105 Å². The highest BCUT2D eigenvalue weighted by atomic mass is 16.5. The van der Waals surface area contributed by atoms with Crippen LogP contribution in [0, 0.1) is 5.92 Å². The molecule has 2 atom stereocenters. The molecule has 0 aromatic heterocycles. The molecule has 17 heavy (non-hydrogen) atoms. The fourth-order valence-corrected chi connectivity index (χ4v) is 2.84. The lowest BCUT2D eigenvalue weighted by Crippen LogP contribution is -2.54. The second-order valence-corrected chi connectivity index (χ2v) is 5.12. The first-order valence-corrected chi connectivity index (χ1v) is 6.57. The molecule has 0 bridgehead atoms. The summed E-state index contributed by atoms with van der Waals surface area (Å²) in [7, 11) is 6.02. The van der Waals surface area contributed by atoms with Crippen molar-refractivity contribution in [3.05, 3.63) is 0 Å². The van der Waals surface area contributed by atoms with Crippen molar-refractivity contribution < 1.29 is 9.53 Å². The zero-order valence-electron chi connectivity index (χ0n) is 11.6. The Morgan fingerprint density at radius 3 is 2.76 bits per heavy atom. The highest BCUT2D eigenvalue weighted by molar-refractivity contribution is 5.81. The van der Waals surface area contributed by atoms with Gasteiger partial charge in [0.15, 0.2) is 0 Å². The Bertz CT molecular complexity index is 256. The molecule has 1 rings (SSSR count). The summed E-state index contributed by atoms with van der Waals surface area (Å²) in [5, 5.41) is 3.24. The van der Waals surface area contributed by atoms with Crippen LogP contribution in [0.3, 0.4) is 0 Å². The van der Waals surface area contributed by atoms with Gasteiger partial charge in [-0.2, -0.15) is 0 Å². The molecular formula is C13H26N2O2. The molecule has 1 fully saturated rings. The van der Waals surface area contributed by atoms with Gasteiger partial charge in [-0.15, -0.1) is 0 Å². The molecule has 0 aromatic carbocycles. The van der Waals surface area contributed by atoms with E-state index in [1.165, 1.54) is 0 Å². The third-order valence-electron chi connectivity index (χ3n) is 3.83. The molecule has 0 amide bonds. The lowest BCUT2D eigenvalue weighted by atomic mass is 9.84. The van der Waals surface area contributed by atoms with Gasteiger partial charge in [0.2, 0.25) is 0 Å².